The number of allylic oxidation sites excluding steroid dienone is 7. The van der Waals surface area contributed by atoms with Crippen molar-refractivity contribution in [2.24, 2.45) is 0 Å². The predicted molar refractivity (Wildman–Crippen MR) is 233 cm³/mol. The fraction of sp³-hybridized carbons (Fsp3) is 0.783. The summed E-state index contributed by atoms with van der Waals surface area (Å²) in [4.78, 5) is 35.4. The maximum Gasteiger partial charge on any atom is 0.472 e. The van der Waals surface area contributed by atoms with Crippen LogP contribution >= 0.6 is 7.82 Å². The van der Waals surface area contributed by atoms with Crippen LogP contribution in [0, 0.1) is 0 Å². The first-order valence-electron chi connectivity index (χ1n) is 22.3. The van der Waals surface area contributed by atoms with Crippen molar-refractivity contribution in [2.45, 2.75) is 186 Å². The SMILES string of the molecule is C=CCCCCCCCCCCCCCCCC(=O)OC[C@H](COP(=O)(O)OCC[N+](C)(C)C)OC(=O)CCCCCC/C=C/C/C=C/C/C=C/CCCCC. The molecule has 1 unspecified atom stereocenters. The van der Waals surface area contributed by atoms with Gasteiger partial charge in [0, 0.05) is 12.8 Å². The van der Waals surface area contributed by atoms with Crippen molar-refractivity contribution in [3.8, 4) is 0 Å². The van der Waals surface area contributed by atoms with E-state index in [1.54, 1.807) is 0 Å². The highest BCUT2D eigenvalue weighted by Gasteiger charge is 2.27. The fourth-order valence-corrected chi connectivity index (χ4v) is 6.68. The molecule has 0 rings (SSSR count). The first-order valence-corrected chi connectivity index (χ1v) is 23.8. The van der Waals surface area contributed by atoms with E-state index >= 15 is 0 Å². The van der Waals surface area contributed by atoms with Crippen LogP contribution in [0.15, 0.2) is 49.1 Å². The quantitative estimate of drug-likeness (QED) is 0.0214. The number of quaternary nitrogens is 1. The number of likely N-dealkylation sites (N-methyl/N-ethyl adjacent to an activating group) is 1. The number of hydrogen-bond donors (Lipinski definition) is 1. The van der Waals surface area contributed by atoms with Crippen molar-refractivity contribution in [3.63, 3.8) is 0 Å². The molecule has 0 spiro atoms. The fourth-order valence-electron chi connectivity index (χ4n) is 5.94. The summed E-state index contributed by atoms with van der Waals surface area (Å²) < 4.78 is 34.3. The van der Waals surface area contributed by atoms with Crippen molar-refractivity contribution in [3.05, 3.63) is 49.1 Å². The molecular weight excluding hydrogens is 725 g/mol. The Morgan fingerprint density at radius 2 is 1.05 bits per heavy atom. The molecular formula is C46H85NO8P+. The van der Waals surface area contributed by atoms with E-state index in [0.29, 0.717) is 17.4 Å². The molecule has 0 aliphatic carbocycles. The van der Waals surface area contributed by atoms with Crippen molar-refractivity contribution >= 4 is 19.8 Å². The Bertz CT molecular complexity index is 1080. The van der Waals surface area contributed by atoms with Gasteiger partial charge in [0.2, 0.25) is 0 Å². The van der Waals surface area contributed by atoms with Gasteiger partial charge in [0.1, 0.15) is 19.8 Å². The summed E-state index contributed by atoms with van der Waals surface area (Å²) in [7, 11) is 1.45. The Balaban J connectivity index is 4.38. The van der Waals surface area contributed by atoms with Gasteiger partial charge in [0.25, 0.3) is 0 Å². The standard InChI is InChI=1S/C46H84NO8P/c1-6-8-10-12-14-16-18-20-22-23-25-27-29-31-33-35-37-39-46(49)55-44(43-54-56(50,51)53-41-40-47(3,4)5)42-52-45(48)38-36-34-32-30-28-26-24-21-19-17-15-13-11-9-7-2/h7,14,16,20,22,25,27,44H,2,6,8-13,15,17-19,21,23-24,26,28-43H2,1,3-5H3/p+1/b16-14+,22-20+,27-25+/t44-/m1/s1. The molecule has 0 heterocycles. The molecule has 0 bridgehead atoms. The summed E-state index contributed by atoms with van der Waals surface area (Å²) in [5.41, 5.74) is 0. The van der Waals surface area contributed by atoms with Gasteiger partial charge in [0.15, 0.2) is 6.10 Å². The van der Waals surface area contributed by atoms with Crippen LogP contribution in [0.2, 0.25) is 0 Å². The molecule has 9 nitrogen and oxygen atoms in total. The second-order valence-corrected chi connectivity index (χ2v) is 17.6. The van der Waals surface area contributed by atoms with E-state index in [1.807, 2.05) is 27.2 Å². The van der Waals surface area contributed by atoms with Crippen LogP contribution in [0.1, 0.15) is 180 Å². The average molecular weight is 811 g/mol. The molecule has 10 heteroatoms. The highest BCUT2D eigenvalue weighted by molar-refractivity contribution is 7.47. The third-order valence-electron chi connectivity index (χ3n) is 9.48. The lowest BCUT2D eigenvalue weighted by Gasteiger charge is -2.24. The zero-order valence-electron chi connectivity index (χ0n) is 36.4. The molecule has 0 aliphatic rings. The molecule has 0 saturated carbocycles. The Labute approximate surface area is 343 Å². The summed E-state index contributed by atoms with van der Waals surface area (Å²) in [6.45, 7) is 5.89. The highest BCUT2D eigenvalue weighted by atomic mass is 31.2. The lowest BCUT2D eigenvalue weighted by molar-refractivity contribution is -0.870. The molecule has 0 radical (unpaired) electrons. The highest BCUT2D eigenvalue weighted by Crippen LogP contribution is 2.43. The summed E-state index contributed by atoms with van der Waals surface area (Å²) in [6, 6.07) is 0. The van der Waals surface area contributed by atoms with Crippen LogP contribution in [-0.4, -0.2) is 74.9 Å². The van der Waals surface area contributed by atoms with Gasteiger partial charge in [-0.15, -0.1) is 6.58 Å². The Kier molecular flexibility index (Phi) is 37.1. The number of esters is 2. The number of nitrogens with zero attached hydrogens (tertiary/aromatic N) is 1. The number of hydrogen-bond acceptors (Lipinski definition) is 7. The van der Waals surface area contributed by atoms with Gasteiger partial charge >= 0.3 is 19.8 Å². The normalized spacial score (nSPS) is 13.8. The second-order valence-electron chi connectivity index (χ2n) is 16.2. The topological polar surface area (TPSA) is 108 Å². The van der Waals surface area contributed by atoms with E-state index in [1.165, 1.54) is 89.9 Å². The number of carbonyl (C=O) groups is 2. The van der Waals surface area contributed by atoms with Gasteiger partial charge in [-0.25, -0.2) is 4.57 Å². The number of rotatable bonds is 41. The monoisotopic (exact) mass is 811 g/mol. The van der Waals surface area contributed by atoms with Gasteiger partial charge < -0.3 is 18.9 Å². The van der Waals surface area contributed by atoms with E-state index in [0.717, 1.165) is 64.2 Å². The van der Waals surface area contributed by atoms with Gasteiger partial charge in [-0.05, 0) is 64.2 Å². The zero-order valence-corrected chi connectivity index (χ0v) is 37.3. The van der Waals surface area contributed by atoms with E-state index in [-0.39, 0.29) is 32.0 Å². The second kappa shape index (κ2) is 38.5. The Morgan fingerprint density at radius 3 is 1.55 bits per heavy atom. The molecule has 0 aromatic rings. The average Bonchev–Trinajstić information content (AvgIpc) is 3.15. The number of carbonyl (C=O) groups excluding carboxylic acids is 2. The molecule has 56 heavy (non-hydrogen) atoms. The molecule has 0 saturated heterocycles. The van der Waals surface area contributed by atoms with Crippen LogP contribution in [0.5, 0.6) is 0 Å². The van der Waals surface area contributed by atoms with Crippen molar-refractivity contribution in [2.75, 3.05) is 47.5 Å². The molecule has 0 aliphatic heterocycles. The van der Waals surface area contributed by atoms with Crippen molar-refractivity contribution < 1.29 is 42.1 Å². The zero-order chi connectivity index (χ0) is 41.4. The molecule has 2 atom stereocenters. The third-order valence-corrected chi connectivity index (χ3v) is 10.5. The summed E-state index contributed by atoms with van der Waals surface area (Å²) >= 11 is 0. The maximum absolute atomic E-state index is 12.7. The summed E-state index contributed by atoms with van der Waals surface area (Å²) in [6.07, 6.45) is 43.3. The van der Waals surface area contributed by atoms with Crippen molar-refractivity contribution in [1.29, 1.82) is 0 Å². The minimum Gasteiger partial charge on any atom is -0.462 e. The van der Waals surface area contributed by atoms with E-state index in [9.17, 15) is 19.0 Å². The lowest BCUT2D eigenvalue weighted by atomic mass is 10.0. The lowest BCUT2D eigenvalue weighted by Crippen LogP contribution is -2.37. The van der Waals surface area contributed by atoms with Crippen LogP contribution in [0.25, 0.3) is 0 Å². The minimum atomic E-state index is -4.38. The number of phosphoric ester groups is 1. The number of unbranched alkanes of at least 4 members (excludes halogenated alkanes) is 20. The first kappa shape index (κ1) is 54.0. The van der Waals surface area contributed by atoms with E-state index in [4.69, 9.17) is 18.5 Å². The molecule has 0 aromatic carbocycles. The summed E-state index contributed by atoms with van der Waals surface area (Å²) in [5.74, 6) is -0.826. The van der Waals surface area contributed by atoms with Gasteiger partial charge in [-0.1, -0.05) is 146 Å². The van der Waals surface area contributed by atoms with Crippen molar-refractivity contribution in [1.82, 2.24) is 0 Å². The number of phosphoric acid groups is 1. The van der Waals surface area contributed by atoms with Crippen LogP contribution in [-0.2, 0) is 32.7 Å². The third kappa shape index (κ3) is 41.6. The first-order chi connectivity index (χ1) is 27.0. The minimum absolute atomic E-state index is 0.0254. The van der Waals surface area contributed by atoms with Crippen LogP contribution in [0.4, 0.5) is 0 Å². The molecule has 326 valence electrons. The van der Waals surface area contributed by atoms with Gasteiger partial charge in [-0.3, -0.25) is 18.6 Å². The Morgan fingerprint density at radius 1 is 0.607 bits per heavy atom. The maximum atomic E-state index is 12.7. The Hall–Kier alpha value is -2.03. The summed E-state index contributed by atoms with van der Waals surface area (Å²) in [5, 5.41) is 0. The molecule has 1 N–H and O–H groups in total. The van der Waals surface area contributed by atoms with E-state index < -0.39 is 26.5 Å². The van der Waals surface area contributed by atoms with Crippen LogP contribution < -0.4 is 0 Å². The molecule has 0 fully saturated rings. The van der Waals surface area contributed by atoms with Gasteiger partial charge in [-0.2, -0.15) is 0 Å². The smallest absolute Gasteiger partial charge is 0.462 e. The molecule has 0 aromatic heterocycles. The molecule has 0 amide bonds. The van der Waals surface area contributed by atoms with Crippen LogP contribution in [0.3, 0.4) is 0 Å². The number of ether oxygens (including phenoxy) is 2. The predicted octanol–water partition coefficient (Wildman–Crippen LogP) is 12.7. The van der Waals surface area contributed by atoms with Gasteiger partial charge in [0.05, 0.1) is 27.7 Å². The van der Waals surface area contributed by atoms with E-state index in [2.05, 4.69) is 50.0 Å². The largest absolute Gasteiger partial charge is 0.472 e.